The number of ketones is 1. The quantitative estimate of drug-likeness (QED) is 0.0362. The first-order valence-electron chi connectivity index (χ1n) is 19.8. The van der Waals surface area contributed by atoms with Gasteiger partial charge in [0.2, 0.25) is 41.2 Å². The van der Waals surface area contributed by atoms with Gasteiger partial charge in [0, 0.05) is 26.3 Å². The van der Waals surface area contributed by atoms with E-state index in [9.17, 15) is 67.7 Å². The number of aliphatic carboxylic acids is 4. The van der Waals surface area contributed by atoms with Crippen molar-refractivity contribution in [2.24, 2.45) is 17.8 Å². The summed E-state index contributed by atoms with van der Waals surface area (Å²) in [6.07, 6.45) is -1.56. The molecule has 10 N–H and O–H groups in total. The van der Waals surface area contributed by atoms with Crippen LogP contribution in [0.2, 0.25) is 0 Å². The molecule has 23 nitrogen and oxygen atoms in total. The fraction of sp³-hybridized carbons (Fsp3) is 0.684. The number of amides is 7. The molecule has 0 bridgehead atoms. The molecule has 0 spiro atoms. The van der Waals surface area contributed by atoms with Gasteiger partial charge >= 0.3 is 23.9 Å². The minimum Gasteiger partial charge on any atom is -0.481 e. The molecule has 0 aromatic carbocycles. The number of carbonyl (C=O) groups is 12. The lowest BCUT2D eigenvalue weighted by Crippen LogP contribution is -2.60. The maximum Gasteiger partial charge on any atom is 0.322 e. The molecule has 344 valence electrons. The van der Waals surface area contributed by atoms with Gasteiger partial charge in [-0.2, -0.15) is 0 Å². The van der Waals surface area contributed by atoms with Crippen LogP contribution in [0.3, 0.4) is 0 Å². The van der Waals surface area contributed by atoms with Crippen LogP contribution in [-0.2, 0) is 57.5 Å². The fourth-order valence-corrected chi connectivity index (χ4v) is 5.68. The number of hydrogen-bond donors (Lipinski definition) is 10. The van der Waals surface area contributed by atoms with Crippen molar-refractivity contribution in [3.63, 3.8) is 0 Å². The number of Topliss-reactive ketones (excluding diaryl/α,β-unsaturated/α-hetero) is 1. The lowest BCUT2D eigenvalue weighted by atomic mass is 9.98. The summed E-state index contributed by atoms with van der Waals surface area (Å²) in [4.78, 5) is 151. The third-order valence-corrected chi connectivity index (χ3v) is 9.08. The lowest BCUT2D eigenvalue weighted by molar-refractivity contribution is -0.144. The Morgan fingerprint density at radius 2 is 1.08 bits per heavy atom. The van der Waals surface area contributed by atoms with Gasteiger partial charge in [-0.1, -0.05) is 48.0 Å². The van der Waals surface area contributed by atoms with Crippen LogP contribution in [0.25, 0.3) is 0 Å². The molecule has 61 heavy (non-hydrogen) atoms. The zero-order valence-corrected chi connectivity index (χ0v) is 35.5. The summed E-state index contributed by atoms with van der Waals surface area (Å²) < 4.78 is 0. The first-order valence-corrected chi connectivity index (χ1v) is 19.8. The zero-order chi connectivity index (χ0) is 47.1. The summed E-state index contributed by atoms with van der Waals surface area (Å²) in [5.41, 5.74) is 0. The summed E-state index contributed by atoms with van der Waals surface area (Å²) in [5, 5.41) is 50.5. The van der Waals surface area contributed by atoms with Gasteiger partial charge in [-0.25, -0.2) is 0 Å². The van der Waals surface area contributed by atoms with E-state index in [1.807, 2.05) is 5.32 Å². The summed E-state index contributed by atoms with van der Waals surface area (Å²) in [6, 6.07) is -7.17. The van der Waals surface area contributed by atoms with Crippen LogP contribution in [0.4, 0.5) is 0 Å². The molecule has 0 aliphatic rings. The van der Waals surface area contributed by atoms with Gasteiger partial charge in [0.1, 0.15) is 30.7 Å². The molecule has 0 fully saturated rings. The van der Waals surface area contributed by atoms with E-state index in [1.165, 1.54) is 20.8 Å². The Hall–Kier alpha value is -6.16. The molecule has 0 aromatic rings. The van der Waals surface area contributed by atoms with Crippen LogP contribution in [0.15, 0.2) is 0 Å². The Morgan fingerprint density at radius 1 is 0.574 bits per heavy atom. The Kier molecular flexibility index (Phi) is 24.8. The Labute approximate surface area is 352 Å². The Morgan fingerprint density at radius 3 is 1.54 bits per heavy atom. The number of rotatable bonds is 30. The van der Waals surface area contributed by atoms with E-state index < -0.39 is 151 Å². The Bertz CT molecular complexity index is 1620. The zero-order valence-electron chi connectivity index (χ0n) is 35.5. The number of carboxylic acid groups (broad SMARTS) is 4. The van der Waals surface area contributed by atoms with Crippen molar-refractivity contribution in [2.45, 2.75) is 130 Å². The summed E-state index contributed by atoms with van der Waals surface area (Å²) in [6.45, 7) is 8.61. The molecule has 0 aliphatic heterocycles. The second-order valence-corrected chi connectivity index (χ2v) is 15.1. The van der Waals surface area contributed by atoms with E-state index in [4.69, 9.17) is 10.2 Å². The van der Waals surface area contributed by atoms with Crippen molar-refractivity contribution >= 4 is 71.0 Å². The summed E-state index contributed by atoms with van der Waals surface area (Å²) in [5.74, 6) is -15.0. The number of carbonyl (C=O) groups excluding carboxylic acids is 8. The van der Waals surface area contributed by atoms with Gasteiger partial charge in [0.05, 0.1) is 18.5 Å². The second-order valence-electron chi connectivity index (χ2n) is 15.1. The van der Waals surface area contributed by atoms with Crippen LogP contribution in [0.1, 0.15) is 99.8 Å². The topological polar surface area (TPSA) is 361 Å². The lowest BCUT2D eigenvalue weighted by Gasteiger charge is -2.32. The monoisotopic (exact) mass is 871 g/mol. The average molecular weight is 872 g/mol. The van der Waals surface area contributed by atoms with Gasteiger partial charge in [0.15, 0.2) is 0 Å². The summed E-state index contributed by atoms with van der Waals surface area (Å²) >= 11 is 0. The van der Waals surface area contributed by atoms with Crippen molar-refractivity contribution in [1.82, 2.24) is 36.8 Å². The van der Waals surface area contributed by atoms with Crippen molar-refractivity contribution < 1.29 is 78.0 Å². The highest BCUT2D eigenvalue weighted by molar-refractivity contribution is 6.38. The van der Waals surface area contributed by atoms with Crippen molar-refractivity contribution in [3.8, 4) is 0 Å². The first kappa shape index (κ1) is 54.8. The fourth-order valence-electron chi connectivity index (χ4n) is 5.68. The van der Waals surface area contributed by atoms with Gasteiger partial charge in [-0.05, 0) is 43.9 Å². The smallest absolute Gasteiger partial charge is 0.322 e. The normalized spacial score (nSPS) is 13.9. The molecule has 0 heterocycles. The number of nitrogens with zero attached hydrogens (tertiary/aromatic N) is 1. The number of carboxylic acids is 4. The Balaban J connectivity index is 6.51. The largest absolute Gasteiger partial charge is 0.481 e. The summed E-state index contributed by atoms with van der Waals surface area (Å²) in [7, 11) is 0. The van der Waals surface area contributed by atoms with Crippen LogP contribution in [0.5, 0.6) is 0 Å². The van der Waals surface area contributed by atoms with Crippen LogP contribution < -0.4 is 31.9 Å². The van der Waals surface area contributed by atoms with Gasteiger partial charge in [-0.15, -0.1) is 0 Å². The van der Waals surface area contributed by atoms with Gasteiger partial charge < -0.3 is 57.2 Å². The third kappa shape index (κ3) is 21.6. The average Bonchev–Trinajstić information content (AvgIpc) is 3.15. The van der Waals surface area contributed by atoms with Crippen molar-refractivity contribution in [2.75, 3.05) is 19.6 Å². The predicted molar refractivity (Wildman–Crippen MR) is 212 cm³/mol. The molecule has 6 atom stereocenters. The number of nitrogens with one attached hydrogen (secondary N) is 6. The predicted octanol–water partition coefficient (Wildman–Crippen LogP) is -1.63. The highest BCUT2D eigenvalue weighted by atomic mass is 16.4. The van der Waals surface area contributed by atoms with Crippen LogP contribution in [-0.4, -0.2) is 146 Å². The molecular weight excluding hydrogens is 810 g/mol. The second kappa shape index (κ2) is 27.6. The molecule has 23 heteroatoms. The van der Waals surface area contributed by atoms with E-state index in [1.54, 1.807) is 20.8 Å². The van der Waals surface area contributed by atoms with Crippen LogP contribution >= 0.6 is 0 Å². The molecule has 0 radical (unpaired) electrons. The van der Waals surface area contributed by atoms with E-state index in [-0.39, 0.29) is 32.2 Å². The van der Waals surface area contributed by atoms with Crippen molar-refractivity contribution in [1.29, 1.82) is 0 Å². The van der Waals surface area contributed by atoms with E-state index in [0.717, 1.165) is 11.8 Å². The minimum atomic E-state index is -1.59. The third-order valence-electron chi connectivity index (χ3n) is 9.08. The molecule has 0 saturated carbocycles. The van der Waals surface area contributed by atoms with Gasteiger partial charge in [0.25, 0.3) is 5.91 Å². The van der Waals surface area contributed by atoms with E-state index in [2.05, 4.69) is 26.6 Å². The molecule has 1 unspecified atom stereocenters. The maximum atomic E-state index is 14.2. The highest BCUT2D eigenvalue weighted by Crippen LogP contribution is 2.14. The number of hydrogen-bond acceptors (Lipinski definition) is 12. The van der Waals surface area contributed by atoms with Crippen molar-refractivity contribution in [3.05, 3.63) is 0 Å². The minimum absolute atomic E-state index is 0.0242. The maximum absolute atomic E-state index is 14.2. The highest BCUT2D eigenvalue weighted by Gasteiger charge is 2.36. The molecular formula is C38H61N7O16. The van der Waals surface area contributed by atoms with E-state index >= 15 is 0 Å². The molecule has 0 saturated heterocycles. The van der Waals surface area contributed by atoms with Crippen LogP contribution in [0, 0.1) is 17.8 Å². The molecule has 0 aromatic heterocycles. The standard InChI is InChI=1S/C38H61N7O16/c1-8-10-23(32(54)36(58)39-17-29(52)53)41-26(47)18-45(16-9-11-21(6)38(60)61)37(59)31(20(4)5)44-35(57)30(19(2)3)43-34(56)25(13-15-28(50)51)42-33(55)24(40-22(7)46)12-14-27(48)49/h19-21,23-25,30-31H,8-18H2,1-7H3,(H,39,58)(H,40,46)(H,41,47)(H,42,55)(H,43,56)(H,44,57)(H,48,49)(H,50,51)(H,52,53)(H,60,61)/t21?,23-,24-,25-,30-,31-/m0/s1. The van der Waals surface area contributed by atoms with Gasteiger partial charge in [-0.3, -0.25) is 57.5 Å². The SMILES string of the molecule is CCC[C@H](NC(=O)CN(CCCC(C)C(=O)O)C(=O)[C@@H](NC(=O)[C@@H](NC(=O)[C@H](CCC(=O)O)NC(=O)[C@H](CCC(=O)O)NC(C)=O)C(C)C)C(C)C)C(=O)C(=O)NCC(=O)O. The first-order chi connectivity index (χ1) is 28.3. The van der Waals surface area contributed by atoms with E-state index in [0.29, 0.717) is 6.42 Å². The molecule has 0 aliphatic carbocycles. The molecule has 0 rings (SSSR count). The molecule has 7 amide bonds.